The van der Waals surface area contributed by atoms with Gasteiger partial charge in [0.15, 0.2) is 0 Å². The van der Waals surface area contributed by atoms with E-state index in [0.717, 1.165) is 29.4 Å². The van der Waals surface area contributed by atoms with Crippen LogP contribution in [0.15, 0.2) is 49.1 Å². The van der Waals surface area contributed by atoms with Crippen LogP contribution >= 0.6 is 0 Å². The Bertz CT molecular complexity index is 750. The van der Waals surface area contributed by atoms with E-state index in [-0.39, 0.29) is 0 Å². The number of para-hydroxylation sites is 1. The van der Waals surface area contributed by atoms with E-state index in [1.807, 2.05) is 42.2 Å². The van der Waals surface area contributed by atoms with Gasteiger partial charge in [-0.15, -0.1) is 0 Å². The van der Waals surface area contributed by atoms with E-state index < -0.39 is 0 Å². The molecule has 2 aromatic heterocycles. The van der Waals surface area contributed by atoms with Crippen LogP contribution in [-0.2, 0) is 13.0 Å². The first kappa shape index (κ1) is 14.3. The van der Waals surface area contributed by atoms with E-state index in [1.54, 1.807) is 6.20 Å². The number of nitrogens with one attached hydrogen (secondary N) is 1. The molecular formula is C17H19N5. The predicted molar refractivity (Wildman–Crippen MR) is 87.0 cm³/mol. The molecule has 2 heterocycles. The minimum atomic E-state index is 0.702. The third-order valence-corrected chi connectivity index (χ3v) is 3.49. The topological polar surface area (TPSA) is 55.6 Å². The first-order valence-corrected chi connectivity index (χ1v) is 7.41. The van der Waals surface area contributed by atoms with E-state index >= 15 is 0 Å². The van der Waals surface area contributed by atoms with Crippen molar-refractivity contribution >= 4 is 5.82 Å². The fourth-order valence-electron chi connectivity index (χ4n) is 2.40. The number of benzene rings is 1. The molecule has 0 saturated heterocycles. The minimum absolute atomic E-state index is 0.702. The molecule has 0 aliphatic heterocycles. The van der Waals surface area contributed by atoms with E-state index in [2.05, 4.69) is 39.3 Å². The van der Waals surface area contributed by atoms with Gasteiger partial charge in [0.2, 0.25) is 0 Å². The van der Waals surface area contributed by atoms with Crippen molar-refractivity contribution in [2.75, 3.05) is 5.32 Å². The molecule has 0 atom stereocenters. The standard InChI is InChI=1S/C17H19N5/c1-3-15-10-17(21-13(2)20-15)19-11-14-6-4-5-7-16(14)22-9-8-18-12-22/h4-10,12H,3,11H2,1-2H3,(H,19,20,21). The number of nitrogens with zero attached hydrogens (tertiary/aromatic N) is 4. The molecule has 3 aromatic rings. The van der Waals surface area contributed by atoms with E-state index in [0.29, 0.717) is 6.54 Å². The quantitative estimate of drug-likeness (QED) is 0.785. The lowest BCUT2D eigenvalue weighted by Gasteiger charge is -2.12. The number of imidazole rings is 1. The van der Waals surface area contributed by atoms with Crippen molar-refractivity contribution in [2.24, 2.45) is 0 Å². The highest BCUT2D eigenvalue weighted by Crippen LogP contribution is 2.16. The maximum Gasteiger partial charge on any atom is 0.130 e. The third-order valence-electron chi connectivity index (χ3n) is 3.49. The molecule has 0 radical (unpaired) electrons. The lowest BCUT2D eigenvalue weighted by molar-refractivity contribution is 0.937. The molecule has 0 fully saturated rings. The molecule has 0 aliphatic carbocycles. The van der Waals surface area contributed by atoms with Crippen molar-refractivity contribution in [1.82, 2.24) is 19.5 Å². The summed E-state index contributed by atoms with van der Waals surface area (Å²) in [6.07, 6.45) is 6.45. The molecule has 0 unspecified atom stereocenters. The van der Waals surface area contributed by atoms with Gasteiger partial charge in [-0.05, 0) is 25.0 Å². The second-order valence-corrected chi connectivity index (χ2v) is 5.10. The Morgan fingerprint density at radius 1 is 1.18 bits per heavy atom. The summed E-state index contributed by atoms with van der Waals surface area (Å²) in [5, 5.41) is 3.39. The zero-order valence-electron chi connectivity index (χ0n) is 12.8. The highest BCUT2D eigenvalue weighted by atomic mass is 15.0. The third kappa shape index (κ3) is 3.14. The molecule has 112 valence electrons. The van der Waals surface area contributed by atoms with Crippen molar-refractivity contribution in [1.29, 1.82) is 0 Å². The Morgan fingerprint density at radius 3 is 2.82 bits per heavy atom. The van der Waals surface area contributed by atoms with Gasteiger partial charge in [-0.25, -0.2) is 15.0 Å². The average Bonchev–Trinajstić information content (AvgIpc) is 3.07. The Kier molecular flexibility index (Phi) is 4.14. The van der Waals surface area contributed by atoms with Crippen LogP contribution in [-0.4, -0.2) is 19.5 Å². The summed E-state index contributed by atoms with van der Waals surface area (Å²) < 4.78 is 2.01. The van der Waals surface area contributed by atoms with Crippen LogP contribution in [0.25, 0.3) is 5.69 Å². The maximum absolute atomic E-state index is 4.45. The first-order valence-electron chi connectivity index (χ1n) is 7.41. The SMILES string of the molecule is CCc1cc(NCc2ccccc2-n2ccnc2)nc(C)n1. The fourth-order valence-corrected chi connectivity index (χ4v) is 2.40. The van der Waals surface area contributed by atoms with Gasteiger partial charge in [0, 0.05) is 30.7 Å². The zero-order chi connectivity index (χ0) is 15.4. The summed E-state index contributed by atoms with van der Waals surface area (Å²) >= 11 is 0. The van der Waals surface area contributed by atoms with Crippen LogP contribution in [0.1, 0.15) is 24.0 Å². The molecule has 22 heavy (non-hydrogen) atoms. The molecule has 1 aromatic carbocycles. The van der Waals surface area contributed by atoms with Gasteiger partial charge in [-0.2, -0.15) is 0 Å². The largest absolute Gasteiger partial charge is 0.366 e. The molecule has 0 saturated carbocycles. The van der Waals surface area contributed by atoms with Crippen molar-refractivity contribution in [3.05, 3.63) is 66.1 Å². The van der Waals surface area contributed by atoms with Crippen molar-refractivity contribution < 1.29 is 0 Å². The van der Waals surface area contributed by atoms with Gasteiger partial charge in [0.05, 0.1) is 12.0 Å². The first-order chi connectivity index (χ1) is 10.8. The van der Waals surface area contributed by atoms with Crippen LogP contribution in [0, 0.1) is 6.92 Å². The maximum atomic E-state index is 4.45. The summed E-state index contributed by atoms with van der Waals surface area (Å²) in [6, 6.07) is 10.3. The Morgan fingerprint density at radius 2 is 2.05 bits per heavy atom. The summed E-state index contributed by atoms with van der Waals surface area (Å²) in [5.74, 6) is 1.66. The lowest BCUT2D eigenvalue weighted by atomic mass is 10.1. The van der Waals surface area contributed by atoms with Gasteiger partial charge in [-0.3, -0.25) is 0 Å². The molecule has 1 N–H and O–H groups in total. The number of hydrogen-bond acceptors (Lipinski definition) is 4. The summed E-state index contributed by atoms with van der Waals surface area (Å²) in [6.45, 7) is 4.72. The zero-order valence-corrected chi connectivity index (χ0v) is 12.8. The second kappa shape index (κ2) is 6.39. The van der Waals surface area contributed by atoms with Crippen LogP contribution in [0.3, 0.4) is 0 Å². The van der Waals surface area contributed by atoms with Gasteiger partial charge >= 0.3 is 0 Å². The summed E-state index contributed by atoms with van der Waals surface area (Å²) in [4.78, 5) is 13.0. The van der Waals surface area contributed by atoms with E-state index in [4.69, 9.17) is 0 Å². The smallest absolute Gasteiger partial charge is 0.130 e. The average molecular weight is 293 g/mol. The lowest BCUT2D eigenvalue weighted by Crippen LogP contribution is -2.07. The van der Waals surface area contributed by atoms with Crippen LogP contribution in [0.2, 0.25) is 0 Å². The molecular weight excluding hydrogens is 274 g/mol. The number of hydrogen-bond donors (Lipinski definition) is 1. The Labute approximate surface area is 130 Å². The predicted octanol–water partition coefficient (Wildman–Crippen LogP) is 3.15. The van der Waals surface area contributed by atoms with E-state index in [9.17, 15) is 0 Å². The highest BCUT2D eigenvalue weighted by Gasteiger charge is 2.05. The van der Waals surface area contributed by atoms with Gasteiger partial charge in [-0.1, -0.05) is 25.1 Å². The van der Waals surface area contributed by atoms with E-state index in [1.165, 1.54) is 5.56 Å². The molecule has 0 aliphatic rings. The number of anilines is 1. The number of aromatic nitrogens is 4. The summed E-state index contributed by atoms with van der Waals surface area (Å²) in [5.41, 5.74) is 3.36. The number of rotatable bonds is 5. The number of aryl methyl sites for hydroxylation is 2. The fraction of sp³-hybridized carbons (Fsp3) is 0.235. The molecule has 0 bridgehead atoms. The van der Waals surface area contributed by atoms with Crippen molar-refractivity contribution in [3.8, 4) is 5.69 Å². The Hall–Kier alpha value is -2.69. The Balaban J connectivity index is 1.81. The van der Waals surface area contributed by atoms with Crippen molar-refractivity contribution in [3.63, 3.8) is 0 Å². The molecule has 5 nitrogen and oxygen atoms in total. The van der Waals surface area contributed by atoms with Crippen LogP contribution in [0.4, 0.5) is 5.82 Å². The molecule has 0 amide bonds. The molecule has 5 heteroatoms. The van der Waals surface area contributed by atoms with Gasteiger partial charge in [0.25, 0.3) is 0 Å². The van der Waals surface area contributed by atoms with Gasteiger partial charge < -0.3 is 9.88 Å². The molecule has 0 spiro atoms. The normalized spacial score (nSPS) is 10.6. The summed E-state index contributed by atoms with van der Waals surface area (Å²) in [7, 11) is 0. The van der Waals surface area contributed by atoms with Gasteiger partial charge in [0.1, 0.15) is 11.6 Å². The highest BCUT2D eigenvalue weighted by molar-refractivity contribution is 5.44. The minimum Gasteiger partial charge on any atom is -0.366 e. The van der Waals surface area contributed by atoms with Crippen LogP contribution in [0.5, 0.6) is 0 Å². The van der Waals surface area contributed by atoms with Crippen LogP contribution < -0.4 is 5.32 Å². The van der Waals surface area contributed by atoms with Crippen molar-refractivity contribution in [2.45, 2.75) is 26.8 Å². The molecule has 3 rings (SSSR count). The monoisotopic (exact) mass is 293 g/mol. The second-order valence-electron chi connectivity index (χ2n) is 5.10.